The summed E-state index contributed by atoms with van der Waals surface area (Å²) in [5, 5.41) is 11.5. The molecule has 1 aliphatic heterocycles. The van der Waals surface area contributed by atoms with Crippen LogP contribution in [0.25, 0.3) is 0 Å². The largest absolute Gasteiger partial charge is 0.478 e. The number of aromatic carboxylic acids is 1. The molecule has 3 N–H and O–H groups in total. The minimum absolute atomic E-state index is 0.0571. The van der Waals surface area contributed by atoms with Crippen molar-refractivity contribution < 1.29 is 27.5 Å². The fraction of sp³-hybridized carbons (Fsp3) is 0.0667. The van der Waals surface area contributed by atoms with Gasteiger partial charge in [-0.05, 0) is 42.0 Å². The lowest BCUT2D eigenvalue weighted by molar-refractivity contribution is -0.115. The molecule has 0 unspecified atom stereocenters. The van der Waals surface area contributed by atoms with E-state index in [1.165, 1.54) is 18.2 Å². The van der Waals surface area contributed by atoms with Gasteiger partial charge in [-0.25, -0.2) is 17.6 Å². The number of fused-ring (bicyclic) bond motifs is 1. The van der Waals surface area contributed by atoms with E-state index in [-0.39, 0.29) is 22.8 Å². The summed E-state index contributed by atoms with van der Waals surface area (Å²) in [5.74, 6) is -2.45. The lowest BCUT2D eigenvalue weighted by atomic mass is 10.2. The van der Waals surface area contributed by atoms with Gasteiger partial charge in [-0.1, -0.05) is 0 Å². The predicted octanol–water partition coefficient (Wildman–Crippen LogP) is 1.82. The van der Waals surface area contributed by atoms with E-state index in [9.17, 15) is 22.4 Å². The Kier molecular flexibility index (Phi) is 3.72. The Bertz CT molecular complexity index is 972. The number of nitrogens with one attached hydrogen (secondary N) is 2. The molecule has 1 heterocycles. The predicted molar refractivity (Wildman–Crippen MR) is 82.9 cm³/mol. The molecule has 0 saturated carbocycles. The van der Waals surface area contributed by atoms with Crippen molar-refractivity contribution in [2.24, 2.45) is 0 Å². The fourth-order valence-electron chi connectivity index (χ4n) is 2.31. The van der Waals surface area contributed by atoms with Crippen LogP contribution in [-0.2, 0) is 21.2 Å². The first-order chi connectivity index (χ1) is 11.3. The molecule has 0 saturated heterocycles. The van der Waals surface area contributed by atoms with Crippen molar-refractivity contribution in [1.29, 1.82) is 0 Å². The Morgan fingerprint density at radius 2 is 1.96 bits per heavy atom. The first-order valence-electron chi connectivity index (χ1n) is 6.75. The molecule has 124 valence electrons. The van der Waals surface area contributed by atoms with E-state index < -0.39 is 27.5 Å². The van der Waals surface area contributed by atoms with Crippen LogP contribution >= 0.6 is 0 Å². The van der Waals surface area contributed by atoms with Crippen molar-refractivity contribution in [3.8, 4) is 0 Å². The Balaban J connectivity index is 1.95. The number of carbonyl (C=O) groups excluding carboxylic acids is 1. The second-order valence-electron chi connectivity index (χ2n) is 5.15. The number of carboxylic acids is 1. The summed E-state index contributed by atoms with van der Waals surface area (Å²) < 4.78 is 40.6. The summed E-state index contributed by atoms with van der Waals surface area (Å²) in [4.78, 5) is 22.1. The summed E-state index contributed by atoms with van der Waals surface area (Å²) >= 11 is 0. The maximum Gasteiger partial charge on any atom is 0.335 e. The van der Waals surface area contributed by atoms with Gasteiger partial charge in [0, 0.05) is 5.69 Å². The molecule has 0 fully saturated rings. The van der Waals surface area contributed by atoms with Crippen molar-refractivity contribution in [3.63, 3.8) is 0 Å². The van der Waals surface area contributed by atoms with E-state index >= 15 is 0 Å². The van der Waals surface area contributed by atoms with E-state index in [2.05, 4.69) is 5.32 Å². The Morgan fingerprint density at radius 1 is 1.21 bits per heavy atom. The van der Waals surface area contributed by atoms with E-state index in [0.717, 1.165) is 18.2 Å². The molecule has 2 aromatic rings. The first kappa shape index (κ1) is 15.9. The summed E-state index contributed by atoms with van der Waals surface area (Å²) in [5.41, 5.74) is 0.322. The molecular formula is C15H11FN2O5S. The highest BCUT2D eigenvalue weighted by Gasteiger charge is 2.23. The average Bonchev–Trinajstić information content (AvgIpc) is 2.88. The smallest absolute Gasteiger partial charge is 0.335 e. The van der Waals surface area contributed by atoms with Crippen molar-refractivity contribution in [2.75, 3.05) is 10.0 Å². The van der Waals surface area contributed by atoms with Gasteiger partial charge < -0.3 is 10.4 Å². The number of anilines is 2. The molecule has 9 heteroatoms. The summed E-state index contributed by atoms with van der Waals surface area (Å²) in [7, 11) is -4.14. The Labute approximate surface area is 136 Å². The molecule has 24 heavy (non-hydrogen) atoms. The number of carbonyl (C=O) groups is 2. The quantitative estimate of drug-likeness (QED) is 0.778. The number of rotatable bonds is 4. The third-order valence-electron chi connectivity index (χ3n) is 3.47. The lowest BCUT2D eigenvalue weighted by Crippen LogP contribution is -2.15. The van der Waals surface area contributed by atoms with Gasteiger partial charge in [0.05, 0.1) is 22.6 Å². The summed E-state index contributed by atoms with van der Waals surface area (Å²) in [6.45, 7) is 0. The van der Waals surface area contributed by atoms with Crippen LogP contribution in [-0.4, -0.2) is 25.4 Å². The maximum atomic E-state index is 13.8. The number of carboxylic acid groups (broad SMARTS) is 1. The van der Waals surface area contributed by atoms with Crippen LogP contribution in [0.2, 0.25) is 0 Å². The topological polar surface area (TPSA) is 113 Å². The maximum absolute atomic E-state index is 13.8. The fourth-order valence-corrected chi connectivity index (χ4v) is 3.42. The summed E-state index contributed by atoms with van der Waals surface area (Å²) in [6.07, 6.45) is 0.0571. The van der Waals surface area contributed by atoms with Crippen LogP contribution in [0.5, 0.6) is 0 Å². The van der Waals surface area contributed by atoms with E-state index in [1.807, 2.05) is 4.72 Å². The second-order valence-corrected chi connectivity index (χ2v) is 6.83. The van der Waals surface area contributed by atoms with Crippen LogP contribution in [0.4, 0.5) is 15.8 Å². The number of sulfonamides is 1. The van der Waals surface area contributed by atoms with Crippen LogP contribution in [0.15, 0.2) is 41.3 Å². The molecule has 0 spiro atoms. The second kappa shape index (κ2) is 5.60. The SMILES string of the molecule is O=C1Cc2cc(S(=O)(=O)Nc3cc(C(=O)O)ccc3F)ccc2N1. The number of hydrogen-bond acceptors (Lipinski definition) is 4. The Morgan fingerprint density at radius 3 is 2.67 bits per heavy atom. The molecule has 3 rings (SSSR count). The average molecular weight is 350 g/mol. The highest BCUT2D eigenvalue weighted by molar-refractivity contribution is 7.92. The van der Waals surface area contributed by atoms with Gasteiger partial charge in [0.2, 0.25) is 5.91 Å². The molecule has 0 radical (unpaired) electrons. The van der Waals surface area contributed by atoms with E-state index in [1.54, 1.807) is 0 Å². The van der Waals surface area contributed by atoms with Crippen LogP contribution in [0, 0.1) is 5.82 Å². The minimum atomic E-state index is -4.14. The number of halogens is 1. The van der Waals surface area contributed by atoms with Gasteiger partial charge in [0.25, 0.3) is 10.0 Å². The zero-order chi connectivity index (χ0) is 17.5. The van der Waals surface area contributed by atoms with Gasteiger partial charge >= 0.3 is 5.97 Å². The van der Waals surface area contributed by atoms with Crippen LogP contribution in [0.1, 0.15) is 15.9 Å². The Hall–Kier alpha value is -2.94. The van der Waals surface area contributed by atoms with E-state index in [4.69, 9.17) is 5.11 Å². The lowest BCUT2D eigenvalue weighted by Gasteiger charge is -2.10. The van der Waals surface area contributed by atoms with Gasteiger partial charge in [-0.2, -0.15) is 0 Å². The number of benzene rings is 2. The van der Waals surface area contributed by atoms with Gasteiger partial charge in [-0.3, -0.25) is 9.52 Å². The number of amides is 1. The molecule has 0 bridgehead atoms. The van der Waals surface area contributed by atoms with Crippen molar-refractivity contribution in [2.45, 2.75) is 11.3 Å². The van der Waals surface area contributed by atoms with Crippen molar-refractivity contribution >= 4 is 33.3 Å². The zero-order valence-corrected chi connectivity index (χ0v) is 12.9. The zero-order valence-electron chi connectivity index (χ0n) is 12.0. The molecule has 2 aromatic carbocycles. The monoisotopic (exact) mass is 350 g/mol. The molecule has 1 aliphatic rings. The number of hydrogen-bond donors (Lipinski definition) is 3. The van der Waals surface area contributed by atoms with Gasteiger partial charge in [-0.15, -0.1) is 0 Å². The third-order valence-corrected chi connectivity index (χ3v) is 4.83. The highest BCUT2D eigenvalue weighted by atomic mass is 32.2. The summed E-state index contributed by atoms with van der Waals surface area (Å²) in [6, 6.07) is 6.82. The van der Waals surface area contributed by atoms with Gasteiger partial charge in [0.15, 0.2) is 0 Å². The first-order valence-corrected chi connectivity index (χ1v) is 8.23. The molecule has 0 aliphatic carbocycles. The minimum Gasteiger partial charge on any atom is -0.478 e. The van der Waals surface area contributed by atoms with Gasteiger partial charge in [0.1, 0.15) is 5.82 Å². The highest BCUT2D eigenvalue weighted by Crippen LogP contribution is 2.27. The standard InChI is InChI=1S/C15H11FN2O5S/c16-11-3-1-8(15(20)21)6-13(11)18-24(22,23)10-2-4-12-9(5-10)7-14(19)17-12/h1-6,18H,7H2,(H,17,19)(H,20,21). The molecule has 1 amide bonds. The van der Waals surface area contributed by atoms with Crippen molar-refractivity contribution in [3.05, 3.63) is 53.3 Å². The van der Waals surface area contributed by atoms with E-state index in [0.29, 0.717) is 11.3 Å². The normalized spacial score (nSPS) is 13.3. The molecular weight excluding hydrogens is 339 g/mol. The molecule has 7 nitrogen and oxygen atoms in total. The molecule has 0 aromatic heterocycles. The molecule has 0 atom stereocenters. The third kappa shape index (κ3) is 2.93. The van der Waals surface area contributed by atoms with Crippen LogP contribution < -0.4 is 10.0 Å². The van der Waals surface area contributed by atoms with Crippen LogP contribution in [0.3, 0.4) is 0 Å². The van der Waals surface area contributed by atoms with Crippen molar-refractivity contribution in [1.82, 2.24) is 0 Å².